The van der Waals surface area contributed by atoms with E-state index in [2.05, 4.69) is 20.3 Å². The number of nitrogens with zero attached hydrogens (tertiary/aromatic N) is 3. The summed E-state index contributed by atoms with van der Waals surface area (Å²) in [5.41, 5.74) is 9.59. The average Bonchev–Trinajstić information content (AvgIpc) is 2.68. The summed E-state index contributed by atoms with van der Waals surface area (Å²) in [5, 5.41) is 4.18. The van der Waals surface area contributed by atoms with Gasteiger partial charge in [-0.1, -0.05) is 18.2 Å². The zero-order valence-corrected chi connectivity index (χ0v) is 14.2. The minimum atomic E-state index is 0.396. The van der Waals surface area contributed by atoms with Crippen molar-refractivity contribution in [3.05, 3.63) is 67.0 Å². The standard InChI is InChI=1S/C20H17N5O/c1-26-16-8-6-15(7-9-16)24-20-23-12-17(19(21)25-20)14-10-13-4-2-3-5-18(13)22-11-14/h2-12H,1H3,(H3,21,23,24,25). The van der Waals surface area contributed by atoms with Crippen LogP contribution in [0.1, 0.15) is 0 Å². The highest BCUT2D eigenvalue weighted by Gasteiger charge is 2.08. The number of fused-ring (bicyclic) bond motifs is 1. The molecule has 128 valence electrons. The molecule has 0 unspecified atom stereocenters. The van der Waals surface area contributed by atoms with Crippen molar-refractivity contribution in [3.8, 4) is 16.9 Å². The third-order valence-corrected chi connectivity index (χ3v) is 4.07. The third-order valence-electron chi connectivity index (χ3n) is 4.07. The van der Waals surface area contributed by atoms with Crippen molar-refractivity contribution in [2.75, 3.05) is 18.2 Å². The zero-order chi connectivity index (χ0) is 17.9. The Hall–Kier alpha value is -3.67. The first-order chi connectivity index (χ1) is 12.7. The van der Waals surface area contributed by atoms with Crippen LogP contribution in [-0.2, 0) is 0 Å². The maximum Gasteiger partial charge on any atom is 0.229 e. The first-order valence-corrected chi connectivity index (χ1v) is 8.12. The first-order valence-electron chi connectivity index (χ1n) is 8.12. The Kier molecular flexibility index (Phi) is 4.07. The van der Waals surface area contributed by atoms with E-state index in [1.54, 1.807) is 19.5 Å². The number of nitrogen functional groups attached to an aromatic ring is 1. The molecule has 0 atom stereocenters. The van der Waals surface area contributed by atoms with Gasteiger partial charge in [0.05, 0.1) is 12.6 Å². The number of anilines is 3. The fourth-order valence-electron chi connectivity index (χ4n) is 2.70. The van der Waals surface area contributed by atoms with Crippen LogP contribution in [0, 0.1) is 0 Å². The SMILES string of the molecule is COc1ccc(Nc2ncc(-c3cnc4ccccc4c3)c(N)n2)cc1. The summed E-state index contributed by atoms with van der Waals surface area (Å²) in [6, 6.07) is 17.5. The number of nitrogens with one attached hydrogen (secondary N) is 1. The van der Waals surface area contributed by atoms with Crippen LogP contribution in [0.2, 0.25) is 0 Å². The molecule has 0 aliphatic heterocycles. The molecule has 0 aliphatic rings. The van der Waals surface area contributed by atoms with Crippen LogP contribution in [0.15, 0.2) is 67.0 Å². The molecule has 6 heteroatoms. The highest BCUT2D eigenvalue weighted by atomic mass is 16.5. The van der Waals surface area contributed by atoms with E-state index < -0.39 is 0 Å². The van der Waals surface area contributed by atoms with E-state index in [1.165, 1.54) is 0 Å². The second-order valence-electron chi connectivity index (χ2n) is 5.76. The fourth-order valence-corrected chi connectivity index (χ4v) is 2.70. The number of aromatic nitrogens is 3. The summed E-state index contributed by atoms with van der Waals surface area (Å²) < 4.78 is 5.15. The lowest BCUT2D eigenvalue weighted by Crippen LogP contribution is -2.02. The maximum atomic E-state index is 6.16. The molecule has 2 aromatic heterocycles. The quantitative estimate of drug-likeness (QED) is 0.582. The smallest absolute Gasteiger partial charge is 0.229 e. The van der Waals surface area contributed by atoms with E-state index in [1.807, 2.05) is 54.6 Å². The molecule has 0 spiro atoms. The fraction of sp³-hybridized carbons (Fsp3) is 0.0500. The second kappa shape index (κ2) is 6.68. The lowest BCUT2D eigenvalue weighted by molar-refractivity contribution is 0.415. The molecule has 26 heavy (non-hydrogen) atoms. The molecule has 0 amide bonds. The van der Waals surface area contributed by atoms with Gasteiger partial charge in [-0.05, 0) is 36.4 Å². The molecule has 0 bridgehead atoms. The van der Waals surface area contributed by atoms with Crippen LogP contribution < -0.4 is 15.8 Å². The van der Waals surface area contributed by atoms with Crippen LogP contribution in [0.3, 0.4) is 0 Å². The predicted molar refractivity (Wildman–Crippen MR) is 103 cm³/mol. The van der Waals surface area contributed by atoms with E-state index >= 15 is 0 Å². The normalized spacial score (nSPS) is 10.7. The Morgan fingerprint density at radius 1 is 0.962 bits per heavy atom. The van der Waals surface area contributed by atoms with Crippen molar-refractivity contribution in [2.45, 2.75) is 0 Å². The number of pyridine rings is 1. The van der Waals surface area contributed by atoms with Crippen LogP contribution in [-0.4, -0.2) is 22.1 Å². The summed E-state index contributed by atoms with van der Waals surface area (Å²) in [6.45, 7) is 0. The number of ether oxygens (including phenoxy) is 1. The van der Waals surface area contributed by atoms with Crippen molar-refractivity contribution in [1.82, 2.24) is 15.0 Å². The van der Waals surface area contributed by atoms with Gasteiger partial charge in [-0.2, -0.15) is 4.98 Å². The number of benzene rings is 2. The van der Waals surface area contributed by atoms with E-state index in [4.69, 9.17) is 10.5 Å². The van der Waals surface area contributed by atoms with Gasteiger partial charge in [0.15, 0.2) is 0 Å². The molecule has 2 aromatic carbocycles. The minimum Gasteiger partial charge on any atom is -0.497 e. The summed E-state index contributed by atoms with van der Waals surface area (Å²) in [4.78, 5) is 13.2. The van der Waals surface area contributed by atoms with E-state index in [0.29, 0.717) is 11.8 Å². The van der Waals surface area contributed by atoms with Gasteiger partial charge in [0, 0.05) is 34.6 Å². The van der Waals surface area contributed by atoms with Crippen molar-refractivity contribution >= 4 is 28.4 Å². The Morgan fingerprint density at radius 2 is 1.77 bits per heavy atom. The van der Waals surface area contributed by atoms with Crippen LogP contribution >= 0.6 is 0 Å². The molecule has 0 fully saturated rings. The third kappa shape index (κ3) is 3.12. The molecule has 4 rings (SSSR count). The van der Waals surface area contributed by atoms with Gasteiger partial charge in [0.25, 0.3) is 0 Å². The van der Waals surface area contributed by atoms with E-state index in [-0.39, 0.29) is 0 Å². The summed E-state index contributed by atoms with van der Waals surface area (Å²) in [7, 11) is 1.63. The predicted octanol–water partition coefficient (Wildman–Crippen LogP) is 4.03. The van der Waals surface area contributed by atoms with E-state index in [9.17, 15) is 0 Å². The molecule has 0 aliphatic carbocycles. The van der Waals surface area contributed by atoms with Crippen LogP contribution in [0.25, 0.3) is 22.0 Å². The Bertz CT molecular complexity index is 1060. The first kappa shape index (κ1) is 15.8. The molecule has 0 saturated heterocycles. The van der Waals surface area contributed by atoms with Gasteiger partial charge < -0.3 is 15.8 Å². The topological polar surface area (TPSA) is 86.0 Å². The number of hydrogen-bond donors (Lipinski definition) is 2. The number of methoxy groups -OCH3 is 1. The highest BCUT2D eigenvalue weighted by molar-refractivity contribution is 5.85. The number of para-hydroxylation sites is 1. The van der Waals surface area contributed by atoms with Gasteiger partial charge in [-0.25, -0.2) is 4.98 Å². The molecular formula is C20H17N5O. The summed E-state index contributed by atoms with van der Waals surface area (Å²) in [5.74, 6) is 1.62. The van der Waals surface area contributed by atoms with Crippen LogP contribution in [0.5, 0.6) is 5.75 Å². The van der Waals surface area contributed by atoms with Gasteiger partial charge in [-0.3, -0.25) is 4.98 Å². The van der Waals surface area contributed by atoms with Gasteiger partial charge >= 0.3 is 0 Å². The number of nitrogens with two attached hydrogens (primary N) is 1. The summed E-state index contributed by atoms with van der Waals surface area (Å²) >= 11 is 0. The Balaban J connectivity index is 1.62. The second-order valence-corrected chi connectivity index (χ2v) is 5.76. The average molecular weight is 343 g/mol. The van der Waals surface area contributed by atoms with Gasteiger partial charge in [0.1, 0.15) is 11.6 Å². The Morgan fingerprint density at radius 3 is 2.54 bits per heavy atom. The molecule has 6 nitrogen and oxygen atoms in total. The van der Waals surface area contributed by atoms with Crippen molar-refractivity contribution in [1.29, 1.82) is 0 Å². The number of rotatable bonds is 4. The minimum absolute atomic E-state index is 0.396. The molecule has 3 N–H and O–H groups in total. The monoisotopic (exact) mass is 343 g/mol. The van der Waals surface area contributed by atoms with Gasteiger partial charge in [-0.15, -0.1) is 0 Å². The van der Waals surface area contributed by atoms with Crippen molar-refractivity contribution in [3.63, 3.8) is 0 Å². The van der Waals surface area contributed by atoms with Crippen LogP contribution in [0.4, 0.5) is 17.5 Å². The molecule has 0 saturated carbocycles. The van der Waals surface area contributed by atoms with E-state index in [0.717, 1.165) is 33.5 Å². The molecular weight excluding hydrogens is 326 g/mol. The number of hydrogen-bond acceptors (Lipinski definition) is 6. The molecule has 4 aromatic rings. The summed E-state index contributed by atoms with van der Waals surface area (Å²) in [6.07, 6.45) is 3.49. The van der Waals surface area contributed by atoms with Crippen molar-refractivity contribution in [2.24, 2.45) is 0 Å². The lowest BCUT2D eigenvalue weighted by atomic mass is 10.1. The van der Waals surface area contributed by atoms with Crippen molar-refractivity contribution < 1.29 is 4.74 Å². The largest absolute Gasteiger partial charge is 0.497 e. The lowest BCUT2D eigenvalue weighted by Gasteiger charge is -2.09. The highest BCUT2D eigenvalue weighted by Crippen LogP contribution is 2.27. The maximum absolute atomic E-state index is 6.16. The zero-order valence-electron chi connectivity index (χ0n) is 14.2. The Labute approximate surface area is 150 Å². The molecule has 2 heterocycles. The molecule has 0 radical (unpaired) electrons. The van der Waals surface area contributed by atoms with Gasteiger partial charge in [0.2, 0.25) is 5.95 Å².